The van der Waals surface area contributed by atoms with E-state index in [4.69, 9.17) is 9.72 Å². The number of nitrogens with one attached hydrogen (secondary N) is 2. The van der Waals surface area contributed by atoms with Crippen molar-refractivity contribution >= 4 is 44.2 Å². The number of anilines is 3. The minimum absolute atomic E-state index is 0.0470. The van der Waals surface area contributed by atoms with E-state index in [9.17, 15) is 4.79 Å². The molecule has 1 amide bonds. The van der Waals surface area contributed by atoms with Gasteiger partial charge < -0.3 is 19.9 Å². The average Bonchev–Trinajstić information content (AvgIpc) is 3.52. The number of ether oxygens (including phenoxy) is 1. The Balaban J connectivity index is 1.23. The van der Waals surface area contributed by atoms with Crippen molar-refractivity contribution in [3.63, 3.8) is 0 Å². The van der Waals surface area contributed by atoms with E-state index in [1.54, 1.807) is 12.4 Å². The molecule has 11 heteroatoms. The number of hydrogen-bond acceptors (Lipinski definition) is 9. The van der Waals surface area contributed by atoms with Gasteiger partial charge in [-0.15, -0.1) is 0 Å². The lowest BCUT2D eigenvalue weighted by Crippen LogP contribution is -2.50. The molecule has 0 bridgehead atoms. The average molecular weight is 479 g/mol. The number of piperazine rings is 1. The van der Waals surface area contributed by atoms with Gasteiger partial charge in [0.15, 0.2) is 5.13 Å². The smallest absolute Gasteiger partial charge is 0.248 e. The highest BCUT2D eigenvalue weighted by atomic mass is 32.1. The van der Waals surface area contributed by atoms with Crippen molar-refractivity contribution in [3.05, 3.63) is 42.9 Å². The van der Waals surface area contributed by atoms with Crippen LogP contribution in [0.5, 0.6) is 0 Å². The molecule has 0 aromatic carbocycles. The van der Waals surface area contributed by atoms with Gasteiger partial charge >= 0.3 is 0 Å². The number of H-pyrrole nitrogens is 1. The quantitative estimate of drug-likeness (QED) is 0.416. The standard InChI is InChI=1S/C23H26N8O2S/c1-15(2)33-14-21(32)31-9-7-30(8-10-31)17-5-6-24-20(11-17)29-23-28-19-4-3-18(27-22(19)34-23)16-12-25-26-13-16/h3-6,11-13,15H,7-10,14H2,1-2H3,(H,25,26)(H,24,28,29). The summed E-state index contributed by atoms with van der Waals surface area (Å²) in [6.07, 6.45) is 5.41. The van der Waals surface area contributed by atoms with E-state index in [1.165, 1.54) is 11.3 Å². The molecular weight excluding hydrogens is 452 g/mol. The van der Waals surface area contributed by atoms with Crippen LogP contribution in [-0.4, -0.2) is 74.8 Å². The Kier molecular flexibility index (Phi) is 6.37. The third kappa shape index (κ3) is 5.00. The van der Waals surface area contributed by atoms with Gasteiger partial charge in [0.25, 0.3) is 0 Å². The number of carbonyl (C=O) groups excluding carboxylic acids is 1. The van der Waals surface area contributed by atoms with E-state index in [2.05, 4.69) is 30.4 Å². The number of aromatic nitrogens is 5. The van der Waals surface area contributed by atoms with Gasteiger partial charge in [-0.2, -0.15) is 5.10 Å². The molecule has 5 rings (SSSR count). The molecular formula is C23H26N8O2S. The first-order chi connectivity index (χ1) is 16.5. The third-order valence-corrected chi connectivity index (χ3v) is 6.45. The number of fused-ring (bicyclic) bond motifs is 1. The van der Waals surface area contributed by atoms with Crippen LogP contribution in [0.4, 0.5) is 16.6 Å². The molecule has 1 fully saturated rings. The molecule has 10 nitrogen and oxygen atoms in total. The van der Waals surface area contributed by atoms with Crippen LogP contribution < -0.4 is 10.2 Å². The van der Waals surface area contributed by atoms with Crippen LogP contribution in [0.25, 0.3) is 21.6 Å². The fourth-order valence-electron chi connectivity index (χ4n) is 3.76. The topological polar surface area (TPSA) is 112 Å². The molecule has 4 aromatic rings. The van der Waals surface area contributed by atoms with Crippen molar-refractivity contribution in [2.24, 2.45) is 0 Å². The number of rotatable bonds is 7. The van der Waals surface area contributed by atoms with Crippen molar-refractivity contribution in [1.29, 1.82) is 0 Å². The highest BCUT2D eigenvalue weighted by Crippen LogP contribution is 2.29. The molecule has 0 unspecified atom stereocenters. The summed E-state index contributed by atoms with van der Waals surface area (Å²) in [4.78, 5) is 31.1. The summed E-state index contributed by atoms with van der Waals surface area (Å²) in [7, 11) is 0. The highest BCUT2D eigenvalue weighted by Gasteiger charge is 2.22. The maximum absolute atomic E-state index is 12.3. The van der Waals surface area contributed by atoms with Gasteiger partial charge in [0.05, 0.1) is 18.0 Å². The Labute approximate surface area is 201 Å². The van der Waals surface area contributed by atoms with Gasteiger partial charge in [0.2, 0.25) is 5.91 Å². The molecule has 0 saturated carbocycles. The van der Waals surface area contributed by atoms with Crippen LogP contribution in [0.2, 0.25) is 0 Å². The Hall–Kier alpha value is -3.57. The number of carbonyl (C=O) groups is 1. The second kappa shape index (κ2) is 9.74. The third-order valence-electron chi connectivity index (χ3n) is 5.57. The second-order valence-electron chi connectivity index (χ2n) is 8.28. The van der Waals surface area contributed by atoms with Crippen LogP contribution in [0.3, 0.4) is 0 Å². The van der Waals surface area contributed by atoms with Crippen molar-refractivity contribution in [2.75, 3.05) is 43.0 Å². The molecule has 0 spiro atoms. The lowest BCUT2D eigenvalue weighted by Gasteiger charge is -2.36. The summed E-state index contributed by atoms with van der Waals surface area (Å²) >= 11 is 1.48. The lowest BCUT2D eigenvalue weighted by atomic mass is 10.2. The van der Waals surface area contributed by atoms with E-state index in [1.807, 2.05) is 49.2 Å². The summed E-state index contributed by atoms with van der Waals surface area (Å²) in [5.41, 5.74) is 3.68. The van der Waals surface area contributed by atoms with Crippen molar-refractivity contribution in [3.8, 4) is 11.3 Å². The zero-order chi connectivity index (χ0) is 23.5. The fourth-order valence-corrected chi connectivity index (χ4v) is 4.60. The van der Waals surface area contributed by atoms with Crippen LogP contribution >= 0.6 is 11.3 Å². The van der Waals surface area contributed by atoms with E-state index in [-0.39, 0.29) is 18.6 Å². The van der Waals surface area contributed by atoms with E-state index in [0.717, 1.165) is 51.3 Å². The molecule has 1 saturated heterocycles. The minimum atomic E-state index is 0.0470. The number of nitrogens with zero attached hydrogens (tertiary/aromatic N) is 6. The van der Waals surface area contributed by atoms with E-state index >= 15 is 0 Å². The summed E-state index contributed by atoms with van der Waals surface area (Å²) < 4.78 is 5.45. The van der Waals surface area contributed by atoms with Crippen LogP contribution in [0, 0.1) is 0 Å². The lowest BCUT2D eigenvalue weighted by molar-refractivity contribution is -0.137. The van der Waals surface area contributed by atoms with Gasteiger partial charge in [-0.3, -0.25) is 9.89 Å². The summed E-state index contributed by atoms with van der Waals surface area (Å²) in [6, 6.07) is 7.90. The first-order valence-electron chi connectivity index (χ1n) is 11.2. The van der Waals surface area contributed by atoms with Crippen molar-refractivity contribution in [1.82, 2.24) is 30.0 Å². The van der Waals surface area contributed by atoms with Crippen molar-refractivity contribution in [2.45, 2.75) is 20.0 Å². The Morgan fingerprint density at radius 2 is 2.06 bits per heavy atom. The zero-order valence-electron chi connectivity index (χ0n) is 19.1. The van der Waals surface area contributed by atoms with Gasteiger partial charge in [0, 0.05) is 55.9 Å². The molecule has 176 valence electrons. The number of hydrogen-bond donors (Lipinski definition) is 2. The predicted octanol–water partition coefficient (Wildman–Crippen LogP) is 3.29. The molecule has 0 aliphatic carbocycles. The molecule has 0 atom stereocenters. The summed E-state index contributed by atoms with van der Waals surface area (Å²) in [5.74, 6) is 0.765. The predicted molar refractivity (Wildman–Crippen MR) is 132 cm³/mol. The monoisotopic (exact) mass is 478 g/mol. The number of aromatic amines is 1. The normalized spacial score (nSPS) is 14.2. The van der Waals surface area contributed by atoms with Gasteiger partial charge in [-0.1, -0.05) is 11.3 Å². The summed E-state index contributed by atoms with van der Waals surface area (Å²) in [6.45, 7) is 6.88. The van der Waals surface area contributed by atoms with E-state index < -0.39 is 0 Å². The first-order valence-corrected chi connectivity index (χ1v) is 12.0. The number of pyridine rings is 2. The SMILES string of the molecule is CC(C)OCC(=O)N1CCN(c2ccnc(Nc3nc4ccc(-c5cn[nH]c5)nc4s3)c2)CC1. The summed E-state index contributed by atoms with van der Waals surface area (Å²) in [5, 5.41) is 10.8. The maximum atomic E-state index is 12.3. The molecule has 1 aliphatic heterocycles. The zero-order valence-corrected chi connectivity index (χ0v) is 19.9. The van der Waals surface area contributed by atoms with E-state index in [0.29, 0.717) is 13.1 Å². The van der Waals surface area contributed by atoms with Crippen LogP contribution in [0.15, 0.2) is 42.9 Å². The Morgan fingerprint density at radius 3 is 2.82 bits per heavy atom. The number of thiazole rings is 1. The highest BCUT2D eigenvalue weighted by molar-refractivity contribution is 7.21. The second-order valence-corrected chi connectivity index (χ2v) is 9.26. The minimum Gasteiger partial charge on any atom is -0.369 e. The van der Waals surface area contributed by atoms with Crippen molar-refractivity contribution < 1.29 is 9.53 Å². The molecule has 1 aliphatic rings. The molecule has 0 radical (unpaired) electrons. The Morgan fingerprint density at radius 1 is 1.21 bits per heavy atom. The van der Waals surface area contributed by atoms with Crippen LogP contribution in [-0.2, 0) is 9.53 Å². The molecule has 34 heavy (non-hydrogen) atoms. The van der Waals surface area contributed by atoms with Gasteiger partial charge in [-0.25, -0.2) is 15.0 Å². The Bertz CT molecular complexity index is 1270. The molecule has 4 aromatic heterocycles. The van der Waals surface area contributed by atoms with Gasteiger partial charge in [0.1, 0.15) is 22.8 Å². The maximum Gasteiger partial charge on any atom is 0.248 e. The molecule has 5 heterocycles. The van der Waals surface area contributed by atoms with Crippen LogP contribution in [0.1, 0.15) is 13.8 Å². The largest absolute Gasteiger partial charge is 0.369 e. The molecule has 2 N–H and O–H groups in total. The first kappa shape index (κ1) is 22.2. The fraction of sp³-hybridized carbons (Fsp3) is 0.348. The number of amides is 1. The van der Waals surface area contributed by atoms with Gasteiger partial charge in [-0.05, 0) is 32.0 Å².